The van der Waals surface area contributed by atoms with Crippen LogP contribution in [0.3, 0.4) is 0 Å². The second kappa shape index (κ2) is 10.7. The molecule has 188 valence electrons. The summed E-state index contributed by atoms with van der Waals surface area (Å²) < 4.78 is 0. The summed E-state index contributed by atoms with van der Waals surface area (Å²) in [4.78, 5) is 41.2. The third kappa shape index (κ3) is 5.73. The van der Waals surface area contributed by atoms with Crippen molar-refractivity contribution in [2.24, 2.45) is 5.92 Å². The highest BCUT2D eigenvalue weighted by Crippen LogP contribution is 2.40. The molecule has 9 heteroatoms. The Labute approximate surface area is 215 Å². The lowest BCUT2D eigenvalue weighted by Gasteiger charge is -2.29. The van der Waals surface area contributed by atoms with Crippen molar-refractivity contribution in [1.29, 1.82) is 0 Å². The van der Waals surface area contributed by atoms with Crippen LogP contribution in [-0.2, 0) is 9.59 Å². The first-order chi connectivity index (χ1) is 17.4. The quantitative estimate of drug-likeness (QED) is 0.506. The molecule has 1 aliphatic carbocycles. The van der Waals surface area contributed by atoms with Crippen LogP contribution >= 0.6 is 11.3 Å². The molecule has 36 heavy (non-hydrogen) atoms. The minimum atomic E-state index is -0.0286. The zero-order valence-corrected chi connectivity index (χ0v) is 21.6. The van der Waals surface area contributed by atoms with Crippen molar-refractivity contribution in [2.45, 2.75) is 57.9 Å². The summed E-state index contributed by atoms with van der Waals surface area (Å²) >= 11 is 1.70. The van der Waals surface area contributed by atoms with Gasteiger partial charge in [0.15, 0.2) is 0 Å². The monoisotopic (exact) mass is 504 g/mol. The molecule has 2 aliphatic rings. The molecule has 3 aromatic heterocycles. The number of carbonyl (C=O) groups excluding carboxylic acids is 2. The lowest BCUT2D eigenvalue weighted by atomic mass is 9.81. The summed E-state index contributed by atoms with van der Waals surface area (Å²) in [6.07, 6.45) is 8.27. The van der Waals surface area contributed by atoms with Gasteiger partial charge < -0.3 is 15.5 Å². The molecule has 3 aromatic rings. The number of nitrogens with one attached hydrogen (secondary N) is 2. The normalized spacial score (nSPS) is 21.8. The van der Waals surface area contributed by atoms with E-state index in [9.17, 15) is 9.59 Å². The maximum atomic E-state index is 13.0. The van der Waals surface area contributed by atoms with E-state index < -0.39 is 0 Å². The first-order valence-electron chi connectivity index (χ1n) is 12.6. The number of likely N-dealkylation sites (tertiary alicyclic amines) is 1. The summed E-state index contributed by atoms with van der Waals surface area (Å²) in [6.45, 7) is 4.94. The minimum Gasteiger partial charge on any atom is -0.352 e. The Morgan fingerprint density at radius 1 is 1.06 bits per heavy atom. The second-order valence-electron chi connectivity index (χ2n) is 9.83. The number of pyridine rings is 2. The van der Waals surface area contributed by atoms with Crippen LogP contribution in [-0.4, -0.2) is 50.8 Å². The predicted octanol–water partition coefficient (Wildman–Crippen LogP) is 4.66. The van der Waals surface area contributed by atoms with Crippen molar-refractivity contribution < 1.29 is 9.59 Å². The maximum Gasteiger partial charge on any atom is 0.225 e. The standard InChI is InChI=1S/C27H32N6O2S/c1-17-10-12-28-25(14-17)32-24-5-3-4-22(31-24)23-15-29-26(36-23)19-6-8-20(9-7-19)27(35)33-13-11-21(16-33)30-18(2)34/h3-5,10,12,14-15,19-21H,6-9,11,13,16H2,1-2H3,(H,30,34)(H,28,31,32)/t19-,20-,21?. The summed E-state index contributed by atoms with van der Waals surface area (Å²) in [5.74, 6) is 2.21. The molecule has 1 atom stereocenters. The van der Waals surface area contributed by atoms with E-state index in [-0.39, 0.29) is 23.8 Å². The predicted molar refractivity (Wildman–Crippen MR) is 141 cm³/mol. The zero-order chi connectivity index (χ0) is 25.1. The highest BCUT2D eigenvalue weighted by Gasteiger charge is 2.34. The second-order valence-corrected chi connectivity index (χ2v) is 10.9. The molecule has 8 nitrogen and oxygen atoms in total. The van der Waals surface area contributed by atoms with Gasteiger partial charge in [-0.2, -0.15) is 0 Å². The highest BCUT2D eigenvalue weighted by molar-refractivity contribution is 7.15. The molecular formula is C27H32N6O2S. The van der Waals surface area contributed by atoms with Crippen LogP contribution in [0.2, 0.25) is 0 Å². The third-order valence-electron chi connectivity index (χ3n) is 7.03. The fourth-order valence-corrected chi connectivity index (χ4v) is 6.24. The Balaban J connectivity index is 1.17. The third-order valence-corrected chi connectivity index (χ3v) is 8.21. The Hall–Kier alpha value is -3.33. The van der Waals surface area contributed by atoms with Crippen LogP contribution in [0.25, 0.3) is 10.6 Å². The van der Waals surface area contributed by atoms with Crippen LogP contribution in [0, 0.1) is 12.8 Å². The van der Waals surface area contributed by atoms with E-state index in [1.165, 1.54) is 6.92 Å². The average molecular weight is 505 g/mol. The van der Waals surface area contributed by atoms with Gasteiger partial charge in [0, 0.05) is 50.3 Å². The highest BCUT2D eigenvalue weighted by atomic mass is 32.1. The van der Waals surface area contributed by atoms with Gasteiger partial charge in [0.05, 0.1) is 15.6 Å². The fourth-order valence-electron chi connectivity index (χ4n) is 5.18. The largest absolute Gasteiger partial charge is 0.352 e. The molecule has 1 aliphatic heterocycles. The van der Waals surface area contributed by atoms with E-state index in [1.807, 2.05) is 48.4 Å². The van der Waals surface area contributed by atoms with Gasteiger partial charge >= 0.3 is 0 Å². The smallest absolute Gasteiger partial charge is 0.225 e. The Morgan fingerprint density at radius 3 is 2.67 bits per heavy atom. The molecule has 5 rings (SSSR count). The summed E-state index contributed by atoms with van der Waals surface area (Å²) in [5, 5.41) is 7.35. The number of anilines is 2. The van der Waals surface area contributed by atoms with Gasteiger partial charge in [-0.15, -0.1) is 11.3 Å². The molecule has 2 fully saturated rings. The Kier molecular flexibility index (Phi) is 7.27. The maximum absolute atomic E-state index is 13.0. The number of thiazole rings is 1. The van der Waals surface area contributed by atoms with Crippen molar-refractivity contribution in [3.63, 3.8) is 0 Å². The van der Waals surface area contributed by atoms with E-state index >= 15 is 0 Å². The number of amides is 2. The zero-order valence-electron chi connectivity index (χ0n) is 20.7. The number of hydrogen-bond acceptors (Lipinski definition) is 7. The van der Waals surface area contributed by atoms with E-state index in [4.69, 9.17) is 9.97 Å². The Morgan fingerprint density at radius 2 is 1.89 bits per heavy atom. The molecule has 0 radical (unpaired) electrons. The average Bonchev–Trinajstić information content (AvgIpc) is 3.54. The van der Waals surface area contributed by atoms with Crippen LogP contribution in [0.15, 0.2) is 42.7 Å². The first-order valence-corrected chi connectivity index (χ1v) is 13.4. The molecule has 0 spiro atoms. The lowest BCUT2D eigenvalue weighted by molar-refractivity contribution is -0.135. The van der Waals surface area contributed by atoms with Crippen LogP contribution in [0.4, 0.5) is 11.6 Å². The summed E-state index contributed by atoms with van der Waals surface area (Å²) in [5.41, 5.74) is 2.03. The van der Waals surface area contributed by atoms with Crippen molar-refractivity contribution >= 4 is 34.8 Å². The van der Waals surface area contributed by atoms with Gasteiger partial charge in [0.2, 0.25) is 11.8 Å². The molecular weight excluding hydrogens is 472 g/mol. The first kappa shape index (κ1) is 24.4. The molecule has 4 heterocycles. The van der Waals surface area contributed by atoms with E-state index in [2.05, 4.69) is 15.6 Å². The molecule has 2 N–H and O–H groups in total. The van der Waals surface area contributed by atoms with Crippen LogP contribution in [0.5, 0.6) is 0 Å². The fraction of sp³-hybridized carbons (Fsp3) is 0.444. The van der Waals surface area contributed by atoms with Crippen LogP contribution in [0.1, 0.15) is 55.5 Å². The minimum absolute atomic E-state index is 0.0286. The topological polar surface area (TPSA) is 100 Å². The number of hydrogen-bond donors (Lipinski definition) is 2. The molecule has 2 amide bonds. The summed E-state index contributed by atoms with van der Waals surface area (Å²) in [7, 11) is 0. The summed E-state index contributed by atoms with van der Waals surface area (Å²) in [6, 6.07) is 9.98. The number of aromatic nitrogens is 3. The molecule has 0 aromatic carbocycles. The molecule has 1 saturated heterocycles. The lowest BCUT2D eigenvalue weighted by Crippen LogP contribution is -2.40. The number of nitrogens with zero attached hydrogens (tertiary/aromatic N) is 4. The van der Waals surface area contributed by atoms with E-state index in [0.717, 1.165) is 71.4 Å². The van der Waals surface area contributed by atoms with Gasteiger partial charge in [0.1, 0.15) is 11.6 Å². The van der Waals surface area contributed by atoms with Gasteiger partial charge in [-0.1, -0.05) is 6.07 Å². The SMILES string of the molecule is CC(=O)NC1CCN(C(=O)[C@H]2CC[C@H](c3ncc(-c4cccc(Nc5cc(C)ccn5)n4)s3)CC2)C1. The molecule has 1 unspecified atom stereocenters. The van der Waals surface area contributed by atoms with Gasteiger partial charge in [-0.05, 0) is 68.9 Å². The van der Waals surface area contributed by atoms with E-state index in [1.54, 1.807) is 17.5 Å². The number of carbonyl (C=O) groups is 2. The van der Waals surface area contributed by atoms with Gasteiger partial charge in [-0.25, -0.2) is 15.0 Å². The molecule has 0 bridgehead atoms. The van der Waals surface area contributed by atoms with Gasteiger partial charge in [-0.3, -0.25) is 9.59 Å². The van der Waals surface area contributed by atoms with Crippen molar-refractivity contribution in [3.05, 3.63) is 53.3 Å². The van der Waals surface area contributed by atoms with Crippen molar-refractivity contribution in [2.75, 3.05) is 18.4 Å². The van der Waals surface area contributed by atoms with E-state index in [0.29, 0.717) is 12.5 Å². The Bertz CT molecular complexity index is 1240. The molecule has 1 saturated carbocycles. The number of aryl methyl sites for hydroxylation is 1. The number of rotatable bonds is 6. The van der Waals surface area contributed by atoms with Crippen molar-refractivity contribution in [3.8, 4) is 10.6 Å². The van der Waals surface area contributed by atoms with Crippen LogP contribution < -0.4 is 10.6 Å². The van der Waals surface area contributed by atoms with Gasteiger partial charge in [0.25, 0.3) is 0 Å². The van der Waals surface area contributed by atoms with Crippen molar-refractivity contribution in [1.82, 2.24) is 25.2 Å².